The highest BCUT2D eigenvalue weighted by atomic mass is 32.1. The van der Waals surface area contributed by atoms with Crippen molar-refractivity contribution in [2.75, 3.05) is 26.2 Å². The molecule has 46 heavy (non-hydrogen) atoms. The predicted octanol–water partition coefficient (Wildman–Crippen LogP) is 0.535. The zero-order valence-corrected chi connectivity index (χ0v) is 26.9. The SMILES string of the molecule is CCOC(=O)C1CCN(C(=O)C2OC(NC(=O)C3CC(=O)N(Cc4cccs4)C3)C(OC(C)=O)C(OC(C)=O)C2OC(C)=O)CC1. The van der Waals surface area contributed by atoms with Crippen LogP contribution in [0, 0.1) is 11.8 Å². The van der Waals surface area contributed by atoms with E-state index in [4.69, 9.17) is 23.7 Å². The molecule has 0 aromatic carbocycles. The zero-order chi connectivity index (χ0) is 33.5. The molecule has 4 heterocycles. The van der Waals surface area contributed by atoms with Crippen molar-refractivity contribution >= 4 is 52.9 Å². The van der Waals surface area contributed by atoms with E-state index in [9.17, 15) is 33.6 Å². The topological polar surface area (TPSA) is 184 Å². The number of hydrogen-bond donors (Lipinski definition) is 1. The number of thiophene rings is 1. The van der Waals surface area contributed by atoms with E-state index in [1.807, 2.05) is 17.5 Å². The Kier molecular flexibility index (Phi) is 11.7. The summed E-state index contributed by atoms with van der Waals surface area (Å²) in [5.74, 6) is -5.52. The molecule has 6 unspecified atom stereocenters. The lowest BCUT2D eigenvalue weighted by Gasteiger charge is -2.45. The fourth-order valence-corrected chi connectivity index (χ4v) is 6.57. The molecule has 0 aliphatic carbocycles. The molecule has 3 aliphatic heterocycles. The molecule has 4 rings (SSSR count). The van der Waals surface area contributed by atoms with Crippen molar-refractivity contribution in [3.8, 4) is 0 Å². The summed E-state index contributed by atoms with van der Waals surface area (Å²) in [5.41, 5.74) is 0. The molecular weight excluding hydrogens is 626 g/mol. The average molecular weight is 666 g/mol. The molecule has 0 saturated carbocycles. The molecule has 16 heteroatoms. The van der Waals surface area contributed by atoms with Crippen LogP contribution < -0.4 is 5.32 Å². The number of piperidine rings is 1. The smallest absolute Gasteiger partial charge is 0.309 e. The van der Waals surface area contributed by atoms with Crippen molar-refractivity contribution < 1.29 is 57.2 Å². The van der Waals surface area contributed by atoms with Crippen LogP contribution in [0.3, 0.4) is 0 Å². The molecule has 0 radical (unpaired) electrons. The number of carbonyl (C=O) groups is 7. The van der Waals surface area contributed by atoms with Gasteiger partial charge in [-0.1, -0.05) is 6.07 Å². The number of likely N-dealkylation sites (tertiary alicyclic amines) is 2. The van der Waals surface area contributed by atoms with E-state index in [1.54, 1.807) is 11.8 Å². The molecule has 1 N–H and O–H groups in total. The maximum absolute atomic E-state index is 13.9. The molecule has 0 spiro atoms. The minimum Gasteiger partial charge on any atom is -0.466 e. The minimum absolute atomic E-state index is 0.0800. The van der Waals surface area contributed by atoms with Crippen LogP contribution in [0.4, 0.5) is 0 Å². The van der Waals surface area contributed by atoms with E-state index in [2.05, 4.69) is 5.32 Å². The van der Waals surface area contributed by atoms with Gasteiger partial charge in [0.1, 0.15) is 0 Å². The van der Waals surface area contributed by atoms with E-state index < -0.39 is 72.2 Å². The number of rotatable bonds is 10. The third kappa shape index (κ3) is 8.60. The van der Waals surface area contributed by atoms with Gasteiger partial charge < -0.3 is 38.8 Å². The Morgan fingerprint density at radius 2 is 1.57 bits per heavy atom. The maximum Gasteiger partial charge on any atom is 0.309 e. The Bertz CT molecular complexity index is 1310. The van der Waals surface area contributed by atoms with E-state index in [0.717, 1.165) is 25.6 Å². The van der Waals surface area contributed by atoms with Crippen LogP contribution in [0.25, 0.3) is 0 Å². The number of nitrogens with zero attached hydrogens (tertiary/aromatic N) is 2. The van der Waals surface area contributed by atoms with Gasteiger partial charge in [-0.05, 0) is 31.2 Å². The van der Waals surface area contributed by atoms with Gasteiger partial charge in [0.2, 0.25) is 11.8 Å². The highest BCUT2D eigenvalue weighted by Gasteiger charge is 2.56. The Balaban J connectivity index is 1.57. The van der Waals surface area contributed by atoms with Crippen molar-refractivity contribution in [3.63, 3.8) is 0 Å². The van der Waals surface area contributed by atoms with E-state index in [1.165, 1.54) is 16.2 Å². The molecule has 15 nitrogen and oxygen atoms in total. The van der Waals surface area contributed by atoms with Gasteiger partial charge >= 0.3 is 23.9 Å². The zero-order valence-electron chi connectivity index (χ0n) is 26.1. The molecule has 3 saturated heterocycles. The molecule has 6 atom stereocenters. The number of esters is 4. The van der Waals surface area contributed by atoms with E-state index in [0.29, 0.717) is 19.4 Å². The maximum atomic E-state index is 13.9. The number of ether oxygens (including phenoxy) is 5. The minimum atomic E-state index is -1.59. The van der Waals surface area contributed by atoms with Gasteiger partial charge in [-0.2, -0.15) is 0 Å². The standard InChI is InChI=1S/C30H39N3O12S/c1-5-41-30(40)19-8-10-32(11-9-19)29(39)26-24(43-17(3)35)23(42-16(2)34)25(44-18(4)36)28(45-26)31-27(38)20-13-22(37)33(14-20)15-21-7-6-12-46-21/h6-7,12,19-20,23-26,28H,5,8-11,13-15H2,1-4H3,(H,31,38). The molecule has 3 aliphatic rings. The highest BCUT2D eigenvalue weighted by Crippen LogP contribution is 2.31. The van der Waals surface area contributed by atoms with Gasteiger partial charge in [-0.25, -0.2) is 0 Å². The lowest BCUT2D eigenvalue weighted by atomic mass is 9.93. The summed E-state index contributed by atoms with van der Waals surface area (Å²) in [4.78, 5) is 92.9. The summed E-state index contributed by atoms with van der Waals surface area (Å²) in [6.45, 7) is 5.97. The first-order chi connectivity index (χ1) is 21.9. The summed E-state index contributed by atoms with van der Waals surface area (Å²) in [6.07, 6.45) is -7.19. The molecule has 0 bridgehead atoms. The second kappa shape index (κ2) is 15.5. The second-order valence-electron chi connectivity index (χ2n) is 11.3. The quantitative estimate of drug-likeness (QED) is 0.271. The summed E-state index contributed by atoms with van der Waals surface area (Å²) >= 11 is 1.48. The Morgan fingerprint density at radius 1 is 0.935 bits per heavy atom. The van der Waals surface area contributed by atoms with Crippen molar-refractivity contribution in [2.45, 2.75) is 84.1 Å². The van der Waals surface area contributed by atoms with Crippen LogP contribution in [-0.2, 0) is 63.8 Å². The van der Waals surface area contributed by atoms with Crippen molar-refractivity contribution in [1.82, 2.24) is 15.1 Å². The fourth-order valence-electron chi connectivity index (χ4n) is 5.85. The van der Waals surface area contributed by atoms with Crippen LogP contribution in [0.15, 0.2) is 17.5 Å². The molecule has 1 aromatic rings. The normalized spacial score (nSPS) is 26.7. The Hall–Kier alpha value is -4.05. The first-order valence-corrected chi connectivity index (χ1v) is 16.0. The first-order valence-electron chi connectivity index (χ1n) is 15.1. The number of carbonyl (C=O) groups excluding carboxylic acids is 7. The number of nitrogens with one attached hydrogen (secondary N) is 1. The van der Waals surface area contributed by atoms with E-state index >= 15 is 0 Å². The lowest BCUT2D eigenvalue weighted by Crippen LogP contribution is -2.68. The number of amides is 3. The molecule has 1 aromatic heterocycles. The fraction of sp³-hybridized carbons (Fsp3) is 0.633. The van der Waals surface area contributed by atoms with Gasteiger partial charge in [0.05, 0.1) is 25.0 Å². The summed E-state index contributed by atoms with van der Waals surface area (Å²) < 4.78 is 27.5. The predicted molar refractivity (Wildman–Crippen MR) is 157 cm³/mol. The molecule has 3 fully saturated rings. The first kappa shape index (κ1) is 34.8. The third-order valence-corrected chi connectivity index (χ3v) is 8.77. The van der Waals surface area contributed by atoms with Gasteiger partial charge in [0, 0.05) is 51.7 Å². The molecular formula is C30H39N3O12S. The Labute approximate surface area is 269 Å². The van der Waals surface area contributed by atoms with Crippen molar-refractivity contribution in [1.29, 1.82) is 0 Å². The monoisotopic (exact) mass is 665 g/mol. The van der Waals surface area contributed by atoms with Gasteiger partial charge in [-0.3, -0.25) is 33.6 Å². The third-order valence-electron chi connectivity index (χ3n) is 7.91. The largest absolute Gasteiger partial charge is 0.466 e. The van der Waals surface area contributed by atoms with Crippen LogP contribution in [0.1, 0.15) is 51.8 Å². The van der Waals surface area contributed by atoms with Crippen molar-refractivity contribution in [3.05, 3.63) is 22.4 Å². The molecule has 3 amide bonds. The summed E-state index contributed by atoms with van der Waals surface area (Å²) in [7, 11) is 0. The lowest BCUT2D eigenvalue weighted by molar-refractivity contribution is -0.250. The highest BCUT2D eigenvalue weighted by molar-refractivity contribution is 7.09. The van der Waals surface area contributed by atoms with Crippen LogP contribution in [0.5, 0.6) is 0 Å². The van der Waals surface area contributed by atoms with Gasteiger partial charge in [0.25, 0.3) is 5.91 Å². The van der Waals surface area contributed by atoms with Crippen LogP contribution in [-0.4, -0.2) is 108 Å². The van der Waals surface area contributed by atoms with Gasteiger partial charge in [-0.15, -0.1) is 11.3 Å². The Morgan fingerprint density at radius 3 is 2.15 bits per heavy atom. The summed E-state index contributed by atoms with van der Waals surface area (Å²) in [5, 5.41) is 4.53. The van der Waals surface area contributed by atoms with Crippen molar-refractivity contribution in [2.24, 2.45) is 11.8 Å². The second-order valence-corrected chi connectivity index (χ2v) is 12.3. The van der Waals surface area contributed by atoms with Crippen LogP contribution in [0.2, 0.25) is 0 Å². The van der Waals surface area contributed by atoms with Crippen LogP contribution >= 0.6 is 11.3 Å². The summed E-state index contributed by atoms with van der Waals surface area (Å²) in [6, 6.07) is 3.75. The van der Waals surface area contributed by atoms with Gasteiger partial charge in [0.15, 0.2) is 30.6 Å². The van der Waals surface area contributed by atoms with E-state index in [-0.39, 0.29) is 44.5 Å². The number of hydrogen-bond acceptors (Lipinski definition) is 13. The molecule has 252 valence electrons. The average Bonchev–Trinajstić information content (AvgIpc) is 3.65.